The first kappa shape index (κ1) is 13.9. The lowest BCUT2D eigenvalue weighted by Gasteiger charge is -2.15. The molecule has 1 fully saturated rings. The third-order valence-electron chi connectivity index (χ3n) is 3.21. The van der Waals surface area contributed by atoms with E-state index in [1.54, 1.807) is 6.92 Å². The van der Waals surface area contributed by atoms with Crippen molar-refractivity contribution in [2.45, 2.75) is 37.9 Å². The molecule has 8 nitrogen and oxygen atoms in total. The van der Waals surface area contributed by atoms with Gasteiger partial charge in [0.15, 0.2) is 0 Å². The minimum Gasteiger partial charge on any atom is -0.394 e. The van der Waals surface area contributed by atoms with E-state index in [0.29, 0.717) is 5.56 Å². The maximum Gasteiger partial charge on any atom is 0.328 e. The fourth-order valence-corrected chi connectivity index (χ4v) is 2.08. The minimum absolute atomic E-state index is 0.0226. The number of ether oxygens (including phenoxy) is 1. The molecule has 1 aliphatic rings. The summed E-state index contributed by atoms with van der Waals surface area (Å²) >= 11 is 0. The van der Waals surface area contributed by atoms with Crippen molar-refractivity contribution in [2.24, 2.45) is 0 Å². The Bertz CT molecular complexity index is 565. The molecule has 19 heavy (non-hydrogen) atoms. The molecule has 0 aliphatic carbocycles. The summed E-state index contributed by atoms with van der Waals surface area (Å²) in [5.41, 5.74) is -0.734. The van der Waals surface area contributed by atoms with Gasteiger partial charge in [-0.2, -0.15) is 0 Å². The second-order valence-electron chi connectivity index (χ2n) is 4.60. The van der Waals surface area contributed by atoms with Gasteiger partial charge in [-0.05, 0) is 6.92 Å². The first-order valence-corrected chi connectivity index (χ1v) is 5.87. The SMILES string of the molecule is Cc1cn(C[C@H]2O[C@H](CO)[C@@H](O)[C@@H]2O)c(=O)[nH]c1=O. The van der Waals surface area contributed by atoms with Crippen molar-refractivity contribution in [3.63, 3.8) is 0 Å². The van der Waals surface area contributed by atoms with Crippen LogP contribution in [0, 0.1) is 6.92 Å². The van der Waals surface area contributed by atoms with Crippen LogP contribution in [-0.2, 0) is 11.3 Å². The number of hydrogen-bond acceptors (Lipinski definition) is 6. The van der Waals surface area contributed by atoms with Crippen LogP contribution in [0.4, 0.5) is 0 Å². The number of aryl methyl sites for hydroxylation is 1. The van der Waals surface area contributed by atoms with Gasteiger partial charge in [0.1, 0.15) is 24.4 Å². The lowest BCUT2D eigenvalue weighted by Crippen LogP contribution is -2.38. The zero-order valence-corrected chi connectivity index (χ0v) is 10.3. The van der Waals surface area contributed by atoms with Gasteiger partial charge in [0, 0.05) is 11.8 Å². The van der Waals surface area contributed by atoms with E-state index in [2.05, 4.69) is 4.98 Å². The number of aromatic amines is 1. The molecule has 1 aliphatic heterocycles. The van der Waals surface area contributed by atoms with Crippen LogP contribution < -0.4 is 11.2 Å². The van der Waals surface area contributed by atoms with Gasteiger partial charge in [0.25, 0.3) is 5.56 Å². The standard InChI is InChI=1S/C11H16N2O6/c1-5-2-13(11(18)12-10(5)17)3-6-8(15)9(16)7(4-14)19-6/h2,6-9,14-16H,3-4H2,1H3,(H,12,17,18)/t6-,7-,8-,9-/m1/s1. The van der Waals surface area contributed by atoms with Crippen LogP contribution in [0.5, 0.6) is 0 Å². The lowest BCUT2D eigenvalue weighted by molar-refractivity contribution is -0.0269. The molecule has 0 amide bonds. The number of hydrogen-bond donors (Lipinski definition) is 4. The highest BCUT2D eigenvalue weighted by Gasteiger charge is 2.42. The van der Waals surface area contributed by atoms with Gasteiger partial charge in [0.2, 0.25) is 0 Å². The summed E-state index contributed by atoms with van der Waals surface area (Å²) in [6.07, 6.45) is -2.74. The average molecular weight is 272 g/mol. The molecule has 8 heteroatoms. The molecule has 2 heterocycles. The van der Waals surface area contributed by atoms with Crippen molar-refractivity contribution in [1.82, 2.24) is 9.55 Å². The number of H-pyrrole nitrogens is 1. The van der Waals surface area contributed by atoms with E-state index in [-0.39, 0.29) is 6.54 Å². The fraction of sp³-hybridized carbons (Fsp3) is 0.636. The predicted octanol–water partition coefficient (Wildman–Crippen LogP) is -2.67. The first-order valence-electron chi connectivity index (χ1n) is 5.87. The molecule has 1 aromatic heterocycles. The molecule has 4 atom stereocenters. The van der Waals surface area contributed by atoms with Gasteiger partial charge < -0.3 is 20.1 Å². The third kappa shape index (κ3) is 2.61. The maximum absolute atomic E-state index is 11.6. The zero-order valence-electron chi connectivity index (χ0n) is 10.3. The van der Waals surface area contributed by atoms with Crippen molar-refractivity contribution in [3.05, 3.63) is 32.6 Å². The van der Waals surface area contributed by atoms with E-state index < -0.39 is 42.3 Å². The van der Waals surface area contributed by atoms with E-state index >= 15 is 0 Å². The zero-order chi connectivity index (χ0) is 14.2. The summed E-state index contributed by atoms with van der Waals surface area (Å²) in [6.45, 7) is 1.10. The quantitative estimate of drug-likeness (QED) is 0.475. The van der Waals surface area contributed by atoms with Crippen LogP contribution in [-0.4, -0.2) is 55.9 Å². The van der Waals surface area contributed by atoms with Gasteiger partial charge in [-0.1, -0.05) is 0 Å². The highest BCUT2D eigenvalue weighted by Crippen LogP contribution is 2.21. The molecule has 0 spiro atoms. The normalized spacial score (nSPS) is 30.7. The van der Waals surface area contributed by atoms with Gasteiger partial charge in [0.05, 0.1) is 13.2 Å². The maximum atomic E-state index is 11.6. The molecular weight excluding hydrogens is 256 g/mol. The Balaban J connectivity index is 2.21. The molecule has 2 rings (SSSR count). The summed E-state index contributed by atoms with van der Waals surface area (Å²) < 4.78 is 6.45. The second-order valence-corrected chi connectivity index (χ2v) is 4.60. The number of aliphatic hydroxyl groups is 3. The molecule has 4 N–H and O–H groups in total. The van der Waals surface area contributed by atoms with Gasteiger partial charge in [-0.15, -0.1) is 0 Å². The molecule has 1 saturated heterocycles. The molecule has 0 saturated carbocycles. The monoisotopic (exact) mass is 272 g/mol. The Labute approximate surface area is 107 Å². The van der Waals surface area contributed by atoms with Crippen molar-refractivity contribution in [2.75, 3.05) is 6.61 Å². The van der Waals surface area contributed by atoms with Crippen LogP contribution in [0.2, 0.25) is 0 Å². The number of aromatic nitrogens is 2. The number of aliphatic hydroxyl groups excluding tert-OH is 3. The summed E-state index contributed by atoms with van der Waals surface area (Å²) in [5, 5.41) is 28.3. The van der Waals surface area contributed by atoms with Crippen LogP contribution in [0.1, 0.15) is 5.56 Å². The Morgan fingerprint density at radius 3 is 2.53 bits per heavy atom. The van der Waals surface area contributed by atoms with Gasteiger partial charge >= 0.3 is 5.69 Å². The smallest absolute Gasteiger partial charge is 0.328 e. The molecule has 106 valence electrons. The van der Waals surface area contributed by atoms with Gasteiger partial charge in [-0.25, -0.2) is 4.79 Å². The van der Waals surface area contributed by atoms with E-state index in [1.165, 1.54) is 10.8 Å². The van der Waals surface area contributed by atoms with Crippen molar-refractivity contribution >= 4 is 0 Å². The fourth-order valence-electron chi connectivity index (χ4n) is 2.08. The predicted molar refractivity (Wildman–Crippen MR) is 63.8 cm³/mol. The molecule has 0 bridgehead atoms. The molecule has 0 aromatic carbocycles. The van der Waals surface area contributed by atoms with E-state index in [4.69, 9.17) is 9.84 Å². The van der Waals surface area contributed by atoms with E-state index in [9.17, 15) is 19.8 Å². The summed E-state index contributed by atoms with van der Waals surface area (Å²) in [7, 11) is 0. The Morgan fingerprint density at radius 1 is 1.32 bits per heavy atom. The first-order chi connectivity index (χ1) is 8.93. The van der Waals surface area contributed by atoms with Crippen LogP contribution >= 0.6 is 0 Å². The van der Waals surface area contributed by atoms with Gasteiger partial charge in [-0.3, -0.25) is 14.3 Å². The summed E-state index contributed by atoms with van der Waals surface area (Å²) in [5.74, 6) is 0. The second kappa shape index (κ2) is 5.25. The van der Waals surface area contributed by atoms with Crippen molar-refractivity contribution in [3.8, 4) is 0 Å². The van der Waals surface area contributed by atoms with Crippen LogP contribution in [0.15, 0.2) is 15.8 Å². The van der Waals surface area contributed by atoms with E-state index in [1.807, 2.05) is 0 Å². The largest absolute Gasteiger partial charge is 0.394 e. The van der Waals surface area contributed by atoms with Crippen molar-refractivity contribution < 1.29 is 20.1 Å². The van der Waals surface area contributed by atoms with E-state index in [0.717, 1.165) is 0 Å². The molecule has 0 radical (unpaired) electrons. The molecular formula is C11H16N2O6. The number of nitrogens with zero attached hydrogens (tertiary/aromatic N) is 1. The number of nitrogens with one attached hydrogen (secondary N) is 1. The molecule has 0 unspecified atom stereocenters. The minimum atomic E-state index is -1.20. The average Bonchev–Trinajstić information content (AvgIpc) is 2.63. The Hall–Kier alpha value is -1.48. The van der Waals surface area contributed by atoms with Crippen molar-refractivity contribution in [1.29, 1.82) is 0 Å². The Morgan fingerprint density at radius 2 is 1.95 bits per heavy atom. The lowest BCUT2D eigenvalue weighted by atomic mass is 10.1. The highest BCUT2D eigenvalue weighted by atomic mass is 16.6. The topological polar surface area (TPSA) is 125 Å². The summed E-state index contributed by atoms with van der Waals surface area (Å²) in [6, 6.07) is 0. The third-order valence-corrected chi connectivity index (χ3v) is 3.21. The summed E-state index contributed by atoms with van der Waals surface area (Å²) in [4.78, 5) is 24.9. The van der Waals surface area contributed by atoms with Crippen LogP contribution in [0.25, 0.3) is 0 Å². The van der Waals surface area contributed by atoms with Crippen LogP contribution in [0.3, 0.4) is 0 Å². The number of rotatable bonds is 3. The molecule has 1 aromatic rings. The highest BCUT2D eigenvalue weighted by molar-refractivity contribution is 5.01. The Kier molecular flexibility index (Phi) is 3.85.